The maximum Gasteiger partial charge on any atom is 0.346 e. The predicted molar refractivity (Wildman–Crippen MR) is 51.1 cm³/mol. The van der Waals surface area contributed by atoms with Gasteiger partial charge in [-0.25, -0.2) is 10.1 Å². The summed E-state index contributed by atoms with van der Waals surface area (Å²) in [7, 11) is 0. The van der Waals surface area contributed by atoms with Crippen LogP contribution in [0, 0.1) is 0 Å². The predicted octanol–water partition coefficient (Wildman–Crippen LogP) is 1.50. The Labute approximate surface area is 86.3 Å². The molecule has 0 unspecified atom stereocenters. The van der Waals surface area contributed by atoms with Gasteiger partial charge in [0.25, 0.3) is 0 Å². The summed E-state index contributed by atoms with van der Waals surface area (Å²) < 4.78 is 5.01. The molecule has 7 heteroatoms. The molecule has 0 saturated heterocycles. The molecule has 0 radical (unpaired) electrons. The molecule has 0 atom stereocenters. The molecule has 7 nitrogen and oxygen atoms in total. The highest BCUT2D eigenvalue weighted by molar-refractivity contribution is 5.87. The van der Waals surface area contributed by atoms with Crippen LogP contribution in [0.1, 0.15) is 26.5 Å². The first-order chi connectivity index (χ1) is 6.93. The summed E-state index contributed by atoms with van der Waals surface area (Å²) >= 11 is 0. The summed E-state index contributed by atoms with van der Waals surface area (Å²) in [5.41, 5.74) is 1.48. The second-order valence-corrected chi connectivity index (χ2v) is 3.97. The Kier molecular flexibility index (Phi) is 3.28. The van der Waals surface area contributed by atoms with Gasteiger partial charge in [-0.3, -0.25) is 5.32 Å². The Morgan fingerprint density at radius 3 is 2.73 bits per heavy atom. The molecule has 0 aliphatic heterocycles. The average Bonchev–Trinajstić information content (AvgIpc) is 2.52. The number of carbonyl (C=O) groups excluding carboxylic acids is 1. The number of aromatic nitrogens is 1. The number of amides is 2. The smallest absolute Gasteiger partial charge is 0.346 e. The highest BCUT2D eigenvalue weighted by Gasteiger charge is 2.20. The standard InChI is InChI=1S/C8H13N3O4/c1-8(2,3)5-4-6(10-14-5)9-7(12)11-15-13/h4,13H,1-3H3,(H2,9,10,11,12). The molecule has 2 amide bonds. The van der Waals surface area contributed by atoms with Gasteiger partial charge in [-0.15, -0.1) is 4.99 Å². The van der Waals surface area contributed by atoms with Crippen molar-refractivity contribution < 1.29 is 19.6 Å². The molecule has 0 aliphatic rings. The number of hydrogen-bond acceptors (Lipinski definition) is 5. The van der Waals surface area contributed by atoms with Crippen LogP contribution >= 0.6 is 0 Å². The summed E-state index contributed by atoms with van der Waals surface area (Å²) in [5, 5.41) is 13.8. The van der Waals surface area contributed by atoms with E-state index in [4.69, 9.17) is 9.78 Å². The van der Waals surface area contributed by atoms with E-state index in [1.807, 2.05) is 20.8 Å². The third-order valence-electron chi connectivity index (χ3n) is 1.63. The van der Waals surface area contributed by atoms with E-state index in [0.717, 1.165) is 0 Å². The minimum Gasteiger partial charge on any atom is -0.359 e. The van der Waals surface area contributed by atoms with E-state index in [2.05, 4.69) is 15.5 Å². The highest BCUT2D eigenvalue weighted by atomic mass is 17.2. The van der Waals surface area contributed by atoms with Gasteiger partial charge in [-0.05, 0) is 0 Å². The molecular formula is C8H13N3O4. The second kappa shape index (κ2) is 4.28. The Morgan fingerprint density at radius 2 is 2.27 bits per heavy atom. The summed E-state index contributed by atoms with van der Waals surface area (Å²) in [6.07, 6.45) is 0. The van der Waals surface area contributed by atoms with Gasteiger partial charge in [0, 0.05) is 11.5 Å². The van der Waals surface area contributed by atoms with Gasteiger partial charge in [0.2, 0.25) is 0 Å². The van der Waals surface area contributed by atoms with Crippen molar-refractivity contribution in [1.29, 1.82) is 0 Å². The van der Waals surface area contributed by atoms with E-state index >= 15 is 0 Å². The first kappa shape index (κ1) is 11.5. The molecule has 1 heterocycles. The van der Waals surface area contributed by atoms with Crippen molar-refractivity contribution in [3.63, 3.8) is 0 Å². The van der Waals surface area contributed by atoms with E-state index in [1.165, 1.54) is 0 Å². The number of carbonyl (C=O) groups is 1. The number of nitrogens with zero attached hydrogens (tertiary/aromatic N) is 1. The molecule has 1 aromatic heterocycles. The van der Waals surface area contributed by atoms with Crippen LogP contribution in [0.3, 0.4) is 0 Å². The van der Waals surface area contributed by atoms with Gasteiger partial charge >= 0.3 is 6.03 Å². The Bertz CT molecular complexity index is 342. The van der Waals surface area contributed by atoms with Crippen LogP contribution in [0.5, 0.6) is 0 Å². The zero-order valence-corrected chi connectivity index (χ0v) is 8.70. The lowest BCUT2D eigenvalue weighted by atomic mass is 9.93. The molecule has 0 spiro atoms. The van der Waals surface area contributed by atoms with Gasteiger partial charge < -0.3 is 4.52 Å². The van der Waals surface area contributed by atoms with Gasteiger partial charge in [0.05, 0.1) is 0 Å². The third kappa shape index (κ3) is 3.22. The second-order valence-electron chi connectivity index (χ2n) is 3.97. The van der Waals surface area contributed by atoms with Crippen LogP contribution in [0.15, 0.2) is 10.6 Å². The van der Waals surface area contributed by atoms with E-state index in [1.54, 1.807) is 11.5 Å². The Morgan fingerprint density at radius 1 is 1.60 bits per heavy atom. The van der Waals surface area contributed by atoms with Gasteiger partial charge in [0.1, 0.15) is 5.76 Å². The van der Waals surface area contributed by atoms with E-state index in [-0.39, 0.29) is 11.2 Å². The van der Waals surface area contributed by atoms with Crippen LogP contribution in [0.25, 0.3) is 0 Å². The summed E-state index contributed by atoms with van der Waals surface area (Å²) in [6.45, 7) is 5.86. The zero-order valence-electron chi connectivity index (χ0n) is 8.70. The summed E-state index contributed by atoms with van der Waals surface area (Å²) in [6, 6.07) is 0.850. The molecule has 15 heavy (non-hydrogen) atoms. The molecule has 84 valence electrons. The fourth-order valence-corrected chi connectivity index (χ4v) is 0.871. The normalized spacial score (nSPS) is 11.2. The molecule has 3 N–H and O–H groups in total. The first-order valence-corrected chi connectivity index (χ1v) is 4.28. The molecule has 0 saturated carbocycles. The van der Waals surface area contributed by atoms with Crippen molar-refractivity contribution in [2.24, 2.45) is 0 Å². The average molecular weight is 215 g/mol. The first-order valence-electron chi connectivity index (χ1n) is 4.28. The third-order valence-corrected chi connectivity index (χ3v) is 1.63. The van der Waals surface area contributed by atoms with Gasteiger partial charge in [-0.2, -0.15) is 5.48 Å². The van der Waals surface area contributed by atoms with Crippen molar-refractivity contribution in [2.75, 3.05) is 5.32 Å². The zero-order chi connectivity index (χ0) is 11.5. The summed E-state index contributed by atoms with van der Waals surface area (Å²) in [4.78, 5) is 14.3. The molecule has 0 aliphatic carbocycles. The molecule has 0 fully saturated rings. The van der Waals surface area contributed by atoms with Crippen LogP contribution in [0.4, 0.5) is 10.6 Å². The molecule has 1 rings (SSSR count). The number of urea groups is 1. The lowest BCUT2D eigenvalue weighted by molar-refractivity contribution is -0.276. The van der Waals surface area contributed by atoms with E-state index < -0.39 is 6.03 Å². The number of nitrogens with one attached hydrogen (secondary N) is 2. The number of hydrogen-bond donors (Lipinski definition) is 3. The molecule has 0 aromatic carbocycles. The van der Waals surface area contributed by atoms with Crippen LogP contribution in [-0.4, -0.2) is 16.4 Å². The van der Waals surface area contributed by atoms with Crippen molar-refractivity contribution in [2.45, 2.75) is 26.2 Å². The number of hydroxylamine groups is 1. The molecular weight excluding hydrogens is 202 g/mol. The number of anilines is 1. The number of rotatable bonds is 2. The molecule has 0 bridgehead atoms. The quantitative estimate of drug-likeness (QED) is 0.513. The van der Waals surface area contributed by atoms with Crippen molar-refractivity contribution in [3.8, 4) is 0 Å². The molecule has 1 aromatic rings. The Balaban J connectivity index is 2.65. The largest absolute Gasteiger partial charge is 0.359 e. The summed E-state index contributed by atoms with van der Waals surface area (Å²) in [5.74, 6) is 0.886. The fourth-order valence-electron chi connectivity index (χ4n) is 0.871. The fraction of sp³-hybridized carbons (Fsp3) is 0.500. The lowest BCUT2D eigenvalue weighted by Crippen LogP contribution is -2.27. The monoisotopic (exact) mass is 215 g/mol. The van der Waals surface area contributed by atoms with Gasteiger partial charge in [0.15, 0.2) is 5.82 Å². The van der Waals surface area contributed by atoms with Crippen molar-refractivity contribution >= 4 is 11.8 Å². The minimum atomic E-state index is -0.744. The topological polar surface area (TPSA) is 96.6 Å². The Hall–Kier alpha value is -1.60. The lowest BCUT2D eigenvalue weighted by Gasteiger charge is -2.11. The van der Waals surface area contributed by atoms with E-state index in [0.29, 0.717) is 5.76 Å². The highest BCUT2D eigenvalue weighted by Crippen LogP contribution is 2.24. The van der Waals surface area contributed by atoms with Crippen LogP contribution in [-0.2, 0) is 10.4 Å². The maximum absolute atomic E-state index is 10.9. The van der Waals surface area contributed by atoms with E-state index in [9.17, 15) is 4.79 Å². The minimum absolute atomic E-state index is 0.184. The van der Waals surface area contributed by atoms with Crippen LogP contribution < -0.4 is 10.8 Å². The SMILES string of the molecule is CC(C)(C)c1cc(NC(=O)NOO)no1. The maximum atomic E-state index is 10.9. The van der Waals surface area contributed by atoms with Gasteiger partial charge in [-0.1, -0.05) is 25.9 Å². The van der Waals surface area contributed by atoms with Crippen LogP contribution in [0.2, 0.25) is 0 Å². The van der Waals surface area contributed by atoms with Crippen molar-refractivity contribution in [3.05, 3.63) is 11.8 Å². The van der Waals surface area contributed by atoms with Crippen molar-refractivity contribution in [1.82, 2.24) is 10.6 Å².